The monoisotopic (exact) mass is 245 g/mol. The second-order valence-electron chi connectivity index (χ2n) is 3.85. The Labute approximate surface area is 106 Å². The fourth-order valence-electron chi connectivity index (χ4n) is 1.78. The highest BCUT2D eigenvalue weighted by atomic mass is 16.5. The second-order valence-corrected chi connectivity index (χ2v) is 3.85. The fraction of sp³-hybridized carbons (Fsp3) is 0.231. The van der Waals surface area contributed by atoms with Gasteiger partial charge in [-0.3, -0.25) is 0 Å². The Bertz CT molecular complexity index is 570. The Morgan fingerprint density at radius 1 is 1.00 bits per heavy atom. The Morgan fingerprint density at radius 3 is 2.28 bits per heavy atom. The van der Waals surface area contributed by atoms with E-state index in [2.05, 4.69) is 9.97 Å². The molecular formula is C13H15N3O2. The van der Waals surface area contributed by atoms with Gasteiger partial charge in [0.2, 0.25) is 0 Å². The van der Waals surface area contributed by atoms with Crippen molar-refractivity contribution in [2.75, 3.05) is 20.0 Å². The van der Waals surface area contributed by atoms with Crippen LogP contribution in [0.4, 0.5) is 5.82 Å². The van der Waals surface area contributed by atoms with Crippen LogP contribution in [0.5, 0.6) is 11.5 Å². The van der Waals surface area contributed by atoms with Crippen molar-refractivity contribution in [3.8, 4) is 22.8 Å². The molecule has 1 aromatic carbocycles. The summed E-state index contributed by atoms with van der Waals surface area (Å²) < 4.78 is 10.5. The van der Waals surface area contributed by atoms with Crippen molar-refractivity contribution in [1.82, 2.24) is 9.97 Å². The van der Waals surface area contributed by atoms with E-state index in [9.17, 15) is 0 Å². The van der Waals surface area contributed by atoms with Crippen LogP contribution >= 0.6 is 0 Å². The normalized spacial score (nSPS) is 10.2. The first-order chi connectivity index (χ1) is 8.65. The average Bonchev–Trinajstić information content (AvgIpc) is 2.38. The summed E-state index contributed by atoms with van der Waals surface area (Å²) in [4.78, 5) is 8.10. The zero-order chi connectivity index (χ0) is 13.1. The van der Waals surface area contributed by atoms with Gasteiger partial charge in [-0.1, -0.05) is 0 Å². The van der Waals surface area contributed by atoms with Gasteiger partial charge in [-0.2, -0.15) is 0 Å². The van der Waals surface area contributed by atoms with Gasteiger partial charge in [0, 0.05) is 11.6 Å². The number of nitrogens with zero attached hydrogens (tertiary/aromatic N) is 2. The molecule has 0 saturated carbocycles. The minimum Gasteiger partial charge on any atom is -0.493 e. The van der Waals surface area contributed by atoms with Gasteiger partial charge >= 0.3 is 0 Å². The smallest absolute Gasteiger partial charge is 0.161 e. The Morgan fingerprint density at radius 2 is 1.67 bits per heavy atom. The molecule has 0 atom stereocenters. The predicted octanol–water partition coefficient (Wildman–Crippen LogP) is 2.05. The van der Waals surface area contributed by atoms with Gasteiger partial charge in [0.15, 0.2) is 11.5 Å². The third-order valence-electron chi connectivity index (χ3n) is 2.69. The van der Waals surface area contributed by atoms with Crippen molar-refractivity contribution in [2.45, 2.75) is 6.92 Å². The van der Waals surface area contributed by atoms with E-state index in [0.717, 1.165) is 16.8 Å². The predicted molar refractivity (Wildman–Crippen MR) is 69.7 cm³/mol. The van der Waals surface area contributed by atoms with E-state index < -0.39 is 0 Å². The number of nitrogen functional groups attached to an aromatic ring is 1. The lowest BCUT2D eigenvalue weighted by Gasteiger charge is -2.12. The minimum atomic E-state index is 0.439. The van der Waals surface area contributed by atoms with Crippen molar-refractivity contribution in [3.63, 3.8) is 0 Å². The Hall–Kier alpha value is -2.30. The molecule has 0 spiro atoms. The molecule has 94 valence electrons. The summed E-state index contributed by atoms with van der Waals surface area (Å²) in [6.45, 7) is 1.98. The zero-order valence-corrected chi connectivity index (χ0v) is 10.6. The number of nitrogens with two attached hydrogens (primary N) is 1. The zero-order valence-electron chi connectivity index (χ0n) is 10.6. The van der Waals surface area contributed by atoms with E-state index in [1.54, 1.807) is 20.3 Å². The first-order valence-electron chi connectivity index (χ1n) is 5.46. The molecule has 1 aromatic heterocycles. The van der Waals surface area contributed by atoms with Crippen LogP contribution in [-0.2, 0) is 0 Å². The van der Waals surface area contributed by atoms with Gasteiger partial charge in [0.1, 0.15) is 12.1 Å². The standard InChI is InChI=1S/C13H15N3O2/c1-8-4-11(17-2)12(18-3)5-9(8)10-6-13(14)16-7-15-10/h4-7H,1-3H3,(H2,14,15,16). The molecule has 0 amide bonds. The summed E-state index contributed by atoms with van der Waals surface area (Å²) in [6.07, 6.45) is 1.45. The third kappa shape index (κ3) is 2.20. The number of benzene rings is 1. The van der Waals surface area contributed by atoms with Crippen LogP contribution in [0.1, 0.15) is 5.56 Å². The molecule has 0 unspecified atom stereocenters. The first kappa shape index (κ1) is 12.2. The number of rotatable bonds is 3. The van der Waals surface area contributed by atoms with E-state index >= 15 is 0 Å². The SMILES string of the molecule is COc1cc(C)c(-c2cc(N)ncn2)cc1OC. The second kappa shape index (κ2) is 4.91. The maximum Gasteiger partial charge on any atom is 0.161 e. The van der Waals surface area contributed by atoms with Crippen LogP contribution in [0.3, 0.4) is 0 Å². The molecule has 0 fully saturated rings. The summed E-state index contributed by atoms with van der Waals surface area (Å²) in [5.74, 6) is 1.80. The molecule has 5 nitrogen and oxygen atoms in total. The highest BCUT2D eigenvalue weighted by Crippen LogP contribution is 2.34. The molecule has 1 heterocycles. The molecule has 0 radical (unpaired) electrons. The molecule has 0 aliphatic carbocycles. The summed E-state index contributed by atoms with van der Waals surface area (Å²) in [6, 6.07) is 5.52. The van der Waals surface area contributed by atoms with Crippen molar-refractivity contribution in [2.24, 2.45) is 0 Å². The van der Waals surface area contributed by atoms with Crippen LogP contribution < -0.4 is 15.2 Å². The molecule has 0 aliphatic heterocycles. The third-order valence-corrected chi connectivity index (χ3v) is 2.69. The van der Waals surface area contributed by atoms with Crippen molar-refractivity contribution < 1.29 is 9.47 Å². The number of ether oxygens (including phenoxy) is 2. The molecule has 0 saturated heterocycles. The van der Waals surface area contributed by atoms with E-state index in [4.69, 9.17) is 15.2 Å². The highest BCUT2D eigenvalue weighted by molar-refractivity contribution is 5.69. The summed E-state index contributed by atoms with van der Waals surface area (Å²) >= 11 is 0. The van der Waals surface area contributed by atoms with Crippen LogP contribution in [-0.4, -0.2) is 24.2 Å². The van der Waals surface area contributed by atoms with Crippen molar-refractivity contribution >= 4 is 5.82 Å². The molecule has 2 aromatic rings. The summed E-state index contributed by atoms with van der Waals surface area (Å²) in [5.41, 5.74) is 8.41. The van der Waals surface area contributed by atoms with Crippen molar-refractivity contribution in [1.29, 1.82) is 0 Å². The van der Waals surface area contributed by atoms with Crippen LogP contribution in [0.2, 0.25) is 0 Å². The topological polar surface area (TPSA) is 70.3 Å². The minimum absolute atomic E-state index is 0.439. The lowest BCUT2D eigenvalue weighted by Crippen LogP contribution is -1.96. The average molecular weight is 245 g/mol. The lowest BCUT2D eigenvalue weighted by atomic mass is 10.0. The van der Waals surface area contributed by atoms with E-state index in [-0.39, 0.29) is 0 Å². The molecule has 2 N–H and O–H groups in total. The van der Waals surface area contributed by atoms with E-state index in [0.29, 0.717) is 17.3 Å². The van der Waals surface area contributed by atoms with Crippen LogP contribution in [0, 0.1) is 6.92 Å². The Kier molecular flexibility index (Phi) is 3.32. The maximum atomic E-state index is 5.67. The van der Waals surface area contributed by atoms with Gasteiger partial charge in [0.25, 0.3) is 0 Å². The largest absolute Gasteiger partial charge is 0.493 e. The van der Waals surface area contributed by atoms with Crippen LogP contribution in [0.15, 0.2) is 24.5 Å². The summed E-state index contributed by atoms with van der Waals surface area (Å²) in [5, 5.41) is 0. The molecular weight excluding hydrogens is 230 g/mol. The van der Waals surface area contributed by atoms with Gasteiger partial charge in [-0.05, 0) is 24.6 Å². The molecule has 0 bridgehead atoms. The van der Waals surface area contributed by atoms with Gasteiger partial charge in [0.05, 0.1) is 19.9 Å². The number of anilines is 1. The maximum absolute atomic E-state index is 5.67. The quantitative estimate of drug-likeness (QED) is 0.896. The Balaban J connectivity index is 2.57. The molecule has 5 heteroatoms. The van der Waals surface area contributed by atoms with Crippen LogP contribution in [0.25, 0.3) is 11.3 Å². The van der Waals surface area contributed by atoms with E-state index in [1.165, 1.54) is 6.33 Å². The fourth-order valence-corrected chi connectivity index (χ4v) is 1.78. The molecule has 18 heavy (non-hydrogen) atoms. The van der Waals surface area contributed by atoms with Gasteiger partial charge < -0.3 is 15.2 Å². The lowest BCUT2D eigenvalue weighted by molar-refractivity contribution is 0.355. The highest BCUT2D eigenvalue weighted by Gasteiger charge is 2.11. The molecule has 2 rings (SSSR count). The number of aromatic nitrogens is 2. The van der Waals surface area contributed by atoms with Crippen molar-refractivity contribution in [3.05, 3.63) is 30.1 Å². The summed E-state index contributed by atoms with van der Waals surface area (Å²) in [7, 11) is 3.21. The van der Waals surface area contributed by atoms with Gasteiger partial charge in [-0.25, -0.2) is 9.97 Å². The number of hydrogen-bond donors (Lipinski definition) is 1. The number of hydrogen-bond acceptors (Lipinski definition) is 5. The number of methoxy groups -OCH3 is 2. The molecule has 0 aliphatic rings. The van der Waals surface area contributed by atoms with Gasteiger partial charge in [-0.15, -0.1) is 0 Å². The number of aryl methyl sites for hydroxylation is 1. The van der Waals surface area contributed by atoms with E-state index in [1.807, 2.05) is 19.1 Å². The first-order valence-corrected chi connectivity index (χ1v) is 5.46.